The first-order chi connectivity index (χ1) is 10.7. The van der Waals surface area contributed by atoms with Gasteiger partial charge in [0.1, 0.15) is 0 Å². The predicted molar refractivity (Wildman–Crippen MR) is 94.3 cm³/mol. The number of guanidine groups is 1. The molecule has 3 N–H and O–H groups in total. The number of likely N-dealkylation sites (tertiary alicyclic amines) is 1. The van der Waals surface area contributed by atoms with Crippen LogP contribution in [0, 0.1) is 11.8 Å². The van der Waals surface area contributed by atoms with Crippen molar-refractivity contribution in [2.75, 3.05) is 46.4 Å². The first-order valence-electron chi connectivity index (χ1n) is 9.01. The average Bonchev–Trinajstić information content (AvgIpc) is 2.50. The summed E-state index contributed by atoms with van der Waals surface area (Å²) in [5.41, 5.74) is 0. The Kier molecular flexibility index (Phi) is 10.2. The molecule has 0 aromatic heterocycles. The second-order valence-electron chi connectivity index (χ2n) is 6.54. The zero-order valence-electron chi connectivity index (χ0n) is 14.8. The van der Waals surface area contributed by atoms with Crippen molar-refractivity contribution in [2.45, 2.75) is 46.0 Å². The first-order valence-corrected chi connectivity index (χ1v) is 9.01. The fourth-order valence-corrected chi connectivity index (χ4v) is 3.16. The standard InChI is InChI=1S/C17H36N4O/c1-4-7-15(9-11-22)12-19-17(18-5-2)20-13-16-8-6-10-21(3)14-16/h15-16,22H,4-14H2,1-3H3,(H2,18,19,20). The highest BCUT2D eigenvalue weighted by Gasteiger charge is 2.17. The number of rotatable bonds is 9. The smallest absolute Gasteiger partial charge is 0.191 e. The van der Waals surface area contributed by atoms with Crippen molar-refractivity contribution in [3.63, 3.8) is 0 Å². The molecule has 1 aliphatic rings. The lowest BCUT2D eigenvalue weighted by Gasteiger charge is -2.30. The normalized spacial score (nSPS) is 21.6. The molecular weight excluding hydrogens is 276 g/mol. The van der Waals surface area contributed by atoms with Crippen molar-refractivity contribution < 1.29 is 5.11 Å². The van der Waals surface area contributed by atoms with Crippen LogP contribution in [0.1, 0.15) is 46.0 Å². The maximum Gasteiger partial charge on any atom is 0.191 e. The summed E-state index contributed by atoms with van der Waals surface area (Å²) in [5.74, 6) is 2.13. The highest BCUT2D eigenvalue weighted by Crippen LogP contribution is 2.14. The maximum atomic E-state index is 9.15. The highest BCUT2D eigenvalue weighted by atomic mass is 16.3. The van der Waals surface area contributed by atoms with E-state index < -0.39 is 0 Å². The van der Waals surface area contributed by atoms with Gasteiger partial charge in [0.2, 0.25) is 0 Å². The molecule has 1 fully saturated rings. The molecule has 1 heterocycles. The Balaban J connectivity index is 2.43. The van der Waals surface area contributed by atoms with Crippen LogP contribution >= 0.6 is 0 Å². The Bertz CT molecular complexity index is 303. The van der Waals surface area contributed by atoms with Gasteiger partial charge in [-0.2, -0.15) is 0 Å². The largest absolute Gasteiger partial charge is 0.396 e. The van der Waals surface area contributed by atoms with Gasteiger partial charge < -0.3 is 20.6 Å². The third kappa shape index (κ3) is 7.99. The maximum absolute atomic E-state index is 9.15. The van der Waals surface area contributed by atoms with Crippen LogP contribution in [0.15, 0.2) is 4.99 Å². The lowest BCUT2D eigenvalue weighted by atomic mass is 9.98. The molecule has 0 saturated carbocycles. The van der Waals surface area contributed by atoms with Crippen molar-refractivity contribution in [3.05, 3.63) is 0 Å². The molecule has 130 valence electrons. The van der Waals surface area contributed by atoms with E-state index in [-0.39, 0.29) is 6.61 Å². The molecule has 1 aliphatic heterocycles. The minimum absolute atomic E-state index is 0.262. The summed E-state index contributed by atoms with van der Waals surface area (Å²) in [6, 6.07) is 0. The summed E-state index contributed by atoms with van der Waals surface area (Å²) < 4.78 is 0. The summed E-state index contributed by atoms with van der Waals surface area (Å²) in [5, 5.41) is 16.0. The van der Waals surface area contributed by atoms with Crippen molar-refractivity contribution >= 4 is 5.96 Å². The Hall–Kier alpha value is -0.810. The van der Waals surface area contributed by atoms with Gasteiger partial charge >= 0.3 is 0 Å². The van der Waals surface area contributed by atoms with Crippen LogP contribution in [-0.2, 0) is 0 Å². The number of aliphatic hydroxyl groups excluding tert-OH is 1. The second kappa shape index (κ2) is 11.7. The monoisotopic (exact) mass is 312 g/mol. The number of aliphatic imine (C=N–C) groups is 1. The molecule has 5 nitrogen and oxygen atoms in total. The van der Waals surface area contributed by atoms with Crippen molar-refractivity contribution in [3.8, 4) is 0 Å². The molecule has 1 saturated heterocycles. The third-order valence-electron chi connectivity index (χ3n) is 4.37. The SMILES string of the molecule is CCCC(CCO)CN=C(NCC)NCC1CCCN(C)C1. The van der Waals surface area contributed by atoms with E-state index in [1.165, 1.54) is 25.9 Å². The molecule has 2 unspecified atom stereocenters. The number of nitrogens with zero attached hydrogens (tertiary/aromatic N) is 2. The number of hydrogen-bond acceptors (Lipinski definition) is 3. The Labute approximate surface area is 136 Å². The van der Waals surface area contributed by atoms with E-state index >= 15 is 0 Å². The molecule has 5 heteroatoms. The summed E-state index contributed by atoms with van der Waals surface area (Å²) >= 11 is 0. The highest BCUT2D eigenvalue weighted by molar-refractivity contribution is 5.79. The molecule has 1 rings (SSSR count). The fourth-order valence-electron chi connectivity index (χ4n) is 3.16. The van der Waals surface area contributed by atoms with E-state index in [4.69, 9.17) is 10.1 Å². The van der Waals surface area contributed by atoms with Gasteiger partial charge in [-0.1, -0.05) is 13.3 Å². The number of nitrogens with one attached hydrogen (secondary N) is 2. The molecule has 0 aromatic carbocycles. The molecule has 0 amide bonds. The van der Waals surface area contributed by atoms with Crippen molar-refractivity contribution in [1.29, 1.82) is 0 Å². The molecule has 22 heavy (non-hydrogen) atoms. The zero-order chi connectivity index (χ0) is 16.2. The molecule has 0 bridgehead atoms. The van der Waals surface area contributed by atoms with Crippen LogP contribution in [0.5, 0.6) is 0 Å². The minimum Gasteiger partial charge on any atom is -0.396 e. The van der Waals surface area contributed by atoms with Gasteiger partial charge in [-0.15, -0.1) is 0 Å². The van der Waals surface area contributed by atoms with Crippen molar-refractivity contribution in [1.82, 2.24) is 15.5 Å². The minimum atomic E-state index is 0.262. The van der Waals surface area contributed by atoms with Gasteiger partial charge in [0.15, 0.2) is 5.96 Å². The van der Waals surface area contributed by atoms with E-state index in [1.54, 1.807) is 0 Å². The fraction of sp³-hybridized carbons (Fsp3) is 0.941. The Morgan fingerprint density at radius 3 is 2.77 bits per heavy atom. The molecular formula is C17H36N4O. The lowest BCUT2D eigenvalue weighted by molar-refractivity contribution is 0.210. The van der Waals surface area contributed by atoms with Crippen LogP contribution < -0.4 is 10.6 Å². The van der Waals surface area contributed by atoms with E-state index in [1.807, 2.05) is 0 Å². The molecule has 0 radical (unpaired) electrons. The number of aliphatic hydroxyl groups is 1. The molecule has 0 aromatic rings. The van der Waals surface area contributed by atoms with Crippen LogP contribution in [0.25, 0.3) is 0 Å². The quantitative estimate of drug-likeness (QED) is 0.448. The summed E-state index contributed by atoms with van der Waals surface area (Å²) in [6.07, 6.45) is 5.74. The van der Waals surface area contributed by atoms with Crippen LogP contribution in [0.2, 0.25) is 0 Å². The van der Waals surface area contributed by atoms with E-state index in [0.29, 0.717) is 11.8 Å². The summed E-state index contributed by atoms with van der Waals surface area (Å²) in [7, 11) is 2.20. The van der Waals surface area contributed by atoms with Gasteiger partial charge in [0.05, 0.1) is 0 Å². The predicted octanol–water partition coefficient (Wildman–Crippen LogP) is 1.68. The average molecular weight is 313 g/mol. The summed E-state index contributed by atoms with van der Waals surface area (Å²) in [4.78, 5) is 7.14. The van der Waals surface area contributed by atoms with E-state index in [2.05, 4.69) is 36.4 Å². The first kappa shape index (κ1) is 19.2. The topological polar surface area (TPSA) is 59.9 Å². The number of piperidine rings is 1. The van der Waals surface area contributed by atoms with E-state index in [0.717, 1.165) is 44.9 Å². The number of hydrogen-bond donors (Lipinski definition) is 3. The summed E-state index contributed by atoms with van der Waals surface area (Å²) in [6.45, 7) is 9.64. The zero-order valence-corrected chi connectivity index (χ0v) is 14.8. The van der Waals surface area contributed by atoms with Crippen LogP contribution in [0.4, 0.5) is 0 Å². The molecule has 2 atom stereocenters. The van der Waals surface area contributed by atoms with Gasteiger partial charge in [-0.25, -0.2) is 0 Å². The lowest BCUT2D eigenvalue weighted by Crippen LogP contribution is -2.43. The molecule has 0 spiro atoms. The van der Waals surface area contributed by atoms with Gasteiger partial charge in [0.25, 0.3) is 0 Å². The van der Waals surface area contributed by atoms with Crippen LogP contribution in [-0.4, -0.2) is 62.3 Å². The Morgan fingerprint density at radius 1 is 1.32 bits per heavy atom. The van der Waals surface area contributed by atoms with Gasteiger partial charge in [-0.05, 0) is 58.0 Å². The van der Waals surface area contributed by atoms with Crippen molar-refractivity contribution in [2.24, 2.45) is 16.8 Å². The van der Waals surface area contributed by atoms with E-state index in [9.17, 15) is 0 Å². The third-order valence-corrected chi connectivity index (χ3v) is 4.37. The van der Waals surface area contributed by atoms with Gasteiger partial charge in [-0.3, -0.25) is 4.99 Å². The molecule has 0 aliphatic carbocycles. The van der Waals surface area contributed by atoms with Gasteiger partial charge in [0, 0.05) is 32.8 Å². The second-order valence-corrected chi connectivity index (χ2v) is 6.54. The van der Waals surface area contributed by atoms with Crippen LogP contribution in [0.3, 0.4) is 0 Å². The Morgan fingerprint density at radius 2 is 2.14 bits per heavy atom.